The number of rotatable bonds is 3. The van der Waals surface area contributed by atoms with Crippen molar-refractivity contribution in [2.75, 3.05) is 0 Å². The first-order valence-electron chi connectivity index (χ1n) is 4.56. The van der Waals surface area contributed by atoms with Gasteiger partial charge in [-0.1, -0.05) is 30.3 Å². The Morgan fingerprint density at radius 1 is 1.33 bits per heavy atom. The van der Waals surface area contributed by atoms with Crippen LogP contribution in [0.5, 0.6) is 0 Å². The Morgan fingerprint density at radius 3 is 2.80 bits per heavy atom. The molecular formula is C11H10N2OS. The van der Waals surface area contributed by atoms with E-state index in [0.717, 1.165) is 15.3 Å². The van der Waals surface area contributed by atoms with Crippen LogP contribution in [-0.4, -0.2) is 15.9 Å². The van der Waals surface area contributed by atoms with Crippen molar-refractivity contribution in [1.82, 2.24) is 4.98 Å². The SMILES string of the molecule is [O-][N+](=Cc1nccs1)Cc1ccccc1. The van der Waals surface area contributed by atoms with Gasteiger partial charge in [0.1, 0.15) is 0 Å². The summed E-state index contributed by atoms with van der Waals surface area (Å²) in [6.45, 7) is 0.362. The van der Waals surface area contributed by atoms with E-state index >= 15 is 0 Å². The van der Waals surface area contributed by atoms with Crippen LogP contribution in [0.3, 0.4) is 0 Å². The Hall–Kier alpha value is -1.68. The summed E-state index contributed by atoms with van der Waals surface area (Å²) in [6.07, 6.45) is 3.20. The maximum absolute atomic E-state index is 11.5. The van der Waals surface area contributed by atoms with Crippen molar-refractivity contribution < 1.29 is 4.74 Å². The van der Waals surface area contributed by atoms with Crippen LogP contribution in [0.4, 0.5) is 0 Å². The van der Waals surface area contributed by atoms with Crippen LogP contribution in [0.15, 0.2) is 41.9 Å². The monoisotopic (exact) mass is 218 g/mol. The van der Waals surface area contributed by atoms with Crippen LogP contribution in [0.1, 0.15) is 10.6 Å². The highest BCUT2D eigenvalue weighted by Crippen LogP contribution is 2.02. The third-order valence-electron chi connectivity index (χ3n) is 1.89. The second kappa shape index (κ2) is 4.70. The van der Waals surface area contributed by atoms with Crippen LogP contribution < -0.4 is 0 Å². The summed E-state index contributed by atoms with van der Waals surface area (Å²) in [7, 11) is 0. The van der Waals surface area contributed by atoms with E-state index in [1.807, 2.05) is 35.7 Å². The van der Waals surface area contributed by atoms with Gasteiger partial charge in [0.25, 0.3) is 0 Å². The molecular weight excluding hydrogens is 208 g/mol. The van der Waals surface area contributed by atoms with Crippen LogP contribution in [-0.2, 0) is 6.54 Å². The maximum Gasteiger partial charge on any atom is 0.211 e. The number of nitrogens with zero attached hydrogens (tertiary/aromatic N) is 2. The third-order valence-corrected chi connectivity index (χ3v) is 2.60. The Morgan fingerprint density at radius 2 is 2.13 bits per heavy atom. The van der Waals surface area contributed by atoms with Gasteiger partial charge in [-0.3, -0.25) is 0 Å². The predicted molar refractivity (Wildman–Crippen MR) is 61.1 cm³/mol. The molecule has 0 saturated heterocycles. The molecule has 0 unspecified atom stereocenters. The van der Waals surface area contributed by atoms with Gasteiger partial charge in [0.05, 0.1) is 0 Å². The highest BCUT2D eigenvalue weighted by Gasteiger charge is 1.99. The lowest BCUT2D eigenvalue weighted by atomic mass is 10.2. The summed E-state index contributed by atoms with van der Waals surface area (Å²) in [5.74, 6) is 0. The molecule has 0 N–H and O–H groups in total. The van der Waals surface area contributed by atoms with Gasteiger partial charge in [0.15, 0.2) is 11.6 Å². The number of aromatic nitrogens is 1. The van der Waals surface area contributed by atoms with E-state index in [2.05, 4.69) is 4.98 Å². The molecule has 76 valence electrons. The first-order valence-corrected chi connectivity index (χ1v) is 5.44. The standard InChI is InChI=1S/C11H10N2OS/c14-13(9-11-12-6-7-15-11)8-10-4-2-1-3-5-10/h1-7,9H,8H2. The fraction of sp³-hybridized carbons (Fsp3) is 0.0909. The molecule has 0 aliphatic heterocycles. The predicted octanol–water partition coefficient (Wildman–Crippen LogP) is 2.27. The van der Waals surface area contributed by atoms with Crippen LogP contribution in [0.25, 0.3) is 0 Å². The molecule has 4 heteroatoms. The van der Waals surface area contributed by atoms with Gasteiger partial charge >= 0.3 is 0 Å². The van der Waals surface area contributed by atoms with E-state index in [4.69, 9.17) is 0 Å². The lowest BCUT2D eigenvalue weighted by Gasteiger charge is -2.02. The van der Waals surface area contributed by atoms with Crippen LogP contribution in [0, 0.1) is 5.21 Å². The Labute approximate surface area is 91.9 Å². The minimum Gasteiger partial charge on any atom is -0.623 e. The maximum atomic E-state index is 11.5. The number of hydrogen-bond acceptors (Lipinski definition) is 3. The average Bonchev–Trinajstić information content (AvgIpc) is 2.71. The Kier molecular flexibility index (Phi) is 3.09. The van der Waals surface area contributed by atoms with Crippen molar-refractivity contribution in [2.24, 2.45) is 0 Å². The van der Waals surface area contributed by atoms with Crippen molar-refractivity contribution in [1.29, 1.82) is 0 Å². The van der Waals surface area contributed by atoms with Crippen LogP contribution in [0.2, 0.25) is 0 Å². The van der Waals surface area contributed by atoms with Crippen LogP contribution >= 0.6 is 11.3 Å². The molecule has 1 aromatic carbocycles. The molecule has 1 aromatic heterocycles. The lowest BCUT2D eigenvalue weighted by Crippen LogP contribution is -2.05. The number of hydrogen-bond donors (Lipinski definition) is 0. The number of benzene rings is 1. The average molecular weight is 218 g/mol. The first kappa shape index (κ1) is 9.86. The molecule has 0 spiro atoms. The number of hydroxylamine groups is 1. The van der Waals surface area contributed by atoms with Crippen molar-refractivity contribution in [3.63, 3.8) is 0 Å². The van der Waals surface area contributed by atoms with E-state index in [1.165, 1.54) is 17.6 Å². The topological polar surface area (TPSA) is 39.0 Å². The molecule has 2 rings (SSSR count). The molecule has 0 aliphatic carbocycles. The zero-order chi connectivity index (χ0) is 10.5. The van der Waals surface area contributed by atoms with E-state index in [9.17, 15) is 5.21 Å². The van der Waals surface area contributed by atoms with Crippen molar-refractivity contribution >= 4 is 17.6 Å². The van der Waals surface area contributed by atoms with Crippen molar-refractivity contribution in [3.8, 4) is 0 Å². The minimum atomic E-state index is 0.362. The summed E-state index contributed by atoms with van der Waals surface area (Å²) in [5, 5.41) is 14.1. The summed E-state index contributed by atoms with van der Waals surface area (Å²) < 4.78 is 0.897. The van der Waals surface area contributed by atoms with Crippen molar-refractivity contribution in [2.45, 2.75) is 6.54 Å². The van der Waals surface area contributed by atoms with Gasteiger partial charge in [-0.15, -0.1) is 11.3 Å². The zero-order valence-corrected chi connectivity index (χ0v) is 8.85. The second-order valence-corrected chi connectivity index (χ2v) is 3.99. The first-order chi connectivity index (χ1) is 7.34. The summed E-state index contributed by atoms with van der Waals surface area (Å²) in [5.41, 5.74) is 1.00. The highest BCUT2D eigenvalue weighted by molar-refractivity contribution is 7.11. The lowest BCUT2D eigenvalue weighted by molar-refractivity contribution is -0.469. The molecule has 0 radical (unpaired) electrons. The highest BCUT2D eigenvalue weighted by atomic mass is 32.1. The minimum absolute atomic E-state index is 0.362. The molecule has 0 bridgehead atoms. The molecule has 2 aromatic rings. The van der Waals surface area contributed by atoms with E-state index in [1.54, 1.807) is 6.20 Å². The van der Waals surface area contributed by atoms with Gasteiger partial charge in [-0.05, 0) is 0 Å². The number of thiazole rings is 1. The van der Waals surface area contributed by atoms with Gasteiger partial charge in [-0.25, -0.2) is 9.72 Å². The third kappa shape index (κ3) is 2.89. The Balaban J connectivity index is 2.07. The van der Waals surface area contributed by atoms with Gasteiger partial charge in [0, 0.05) is 17.1 Å². The summed E-state index contributed by atoms with van der Waals surface area (Å²) in [4.78, 5) is 4.02. The quantitative estimate of drug-likeness (QED) is 0.343. The summed E-state index contributed by atoms with van der Waals surface area (Å²) in [6, 6.07) is 9.64. The van der Waals surface area contributed by atoms with Gasteiger partial charge in [-0.2, -0.15) is 0 Å². The fourth-order valence-corrected chi connectivity index (χ4v) is 1.79. The molecule has 0 atom stereocenters. The second-order valence-electron chi connectivity index (χ2n) is 3.06. The zero-order valence-electron chi connectivity index (χ0n) is 8.04. The molecule has 15 heavy (non-hydrogen) atoms. The summed E-state index contributed by atoms with van der Waals surface area (Å²) >= 11 is 1.45. The van der Waals surface area contributed by atoms with E-state index in [0.29, 0.717) is 6.54 Å². The van der Waals surface area contributed by atoms with Gasteiger partial charge in [0.2, 0.25) is 6.21 Å². The molecule has 0 amide bonds. The molecule has 0 fully saturated rings. The normalized spacial score (nSPS) is 11.6. The fourth-order valence-electron chi connectivity index (χ4n) is 1.23. The Bertz CT molecular complexity index is 437. The smallest absolute Gasteiger partial charge is 0.211 e. The van der Waals surface area contributed by atoms with E-state index in [-0.39, 0.29) is 0 Å². The molecule has 0 saturated carbocycles. The van der Waals surface area contributed by atoms with Gasteiger partial charge < -0.3 is 5.21 Å². The van der Waals surface area contributed by atoms with Crippen molar-refractivity contribution in [3.05, 3.63) is 57.7 Å². The largest absolute Gasteiger partial charge is 0.623 e. The molecule has 3 nitrogen and oxygen atoms in total. The van der Waals surface area contributed by atoms with E-state index < -0.39 is 0 Å². The molecule has 0 aliphatic rings. The molecule has 1 heterocycles.